The zero-order valence-electron chi connectivity index (χ0n) is 5.49. The number of hydrogen-bond acceptors (Lipinski definition) is 1. The summed E-state index contributed by atoms with van der Waals surface area (Å²) in [5.74, 6) is 0. The summed E-state index contributed by atoms with van der Waals surface area (Å²) in [5, 5.41) is 3.17. The van der Waals surface area contributed by atoms with Crippen molar-refractivity contribution in [3.63, 3.8) is 0 Å². The lowest BCUT2D eigenvalue weighted by molar-refractivity contribution is 0.557. The zero-order chi connectivity index (χ0) is 5.70. The van der Waals surface area contributed by atoms with Crippen LogP contribution in [0.15, 0.2) is 0 Å². The Morgan fingerprint density at radius 2 is 2.29 bits per heavy atom. The molecule has 1 heteroatoms. The van der Waals surface area contributed by atoms with E-state index in [0.717, 1.165) is 0 Å². The van der Waals surface area contributed by atoms with Gasteiger partial charge in [0.15, 0.2) is 0 Å². The van der Waals surface area contributed by atoms with Crippen LogP contribution >= 0.6 is 0 Å². The molecule has 0 spiro atoms. The largest absolute Gasteiger partial charge is 0.317 e. The van der Waals surface area contributed by atoms with Crippen LogP contribution in [0.2, 0.25) is 0 Å². The summed E-state index contributed by atoms with van der Waals surface area (Å²) in [6.45, 7) is 4.40. The molecular formula is C6H17N. The first-order valence-electron chi connectivity index (χ1n) is 2.98. The standard InChI is InChI=1S/C6H15N.H2/c1-4-5-6(2)7-3;/h6-7H,4-5H2,1-3H3;1H. The van der Waals surface area contributed by atoms with Crippen LogP contribution in [0, 0.1) is 0 Å². The Morgan fingerprint density at radius 3 is 2.43 bits per heavy atom. The maximum atomic E-state index is 3.17. The van der Waals surface area contributed by atoms with Crippen molar-refractivity contribution >= 4 is 0 Å². The van der Waals surface area contributed by atoms with Gasteiger partial charge in [0, 0.05) is 7.47 Å². The third-order valence-electron chi connectivity index (χ3n) is 1.21. The van der Waals surface area contributed by atoms with Crippen molar-refractivity contribution in [1.82, 2.24) is 5.32 Å². The third kappa shape index (κ3) is 3.80. The van der Waals surface area contributed by atoms with E-state index in [2.05, 4.69) is 19.2 Å². The molecule has 0 fully saturated rings. The lowest BCUT2D eigenvalue weighted by Gasteiger charge is -2.05. The van der Waals surface area contributed by atoms with Gasteiger partial charge in [0.05, 0.1) is 0 Å². The topological polar surface area (TPSA) is 12.0 Å². The van der Waals surface area contributed by atoms with E-state index >= 15 is 0 Å². The first-order valence-corrected chi connectivity index (χ1v) is 2.98. The van der Waals surface area contributed by atoms with Crippen LogP contribution in [0.3, 0.4) is 0 Å². The average Bonchev–Trinajstić information content (AvgIpc) is 1.68. The van der Waals surface area contributed by atoms with E-state index in [9.17, 15) is 0 Å². The highest BCUT2D eigenvalue weighted by molar-refractivity contribution is 4.52. The monoisotopic (exact) mass is 103 g/mol. The quantitative estimate of drug-likeness (QED) is 0.572. The van der Waals surface area contributed by atoms with Crippen molar-refractivity contribution in [2.75, 3.05) is 7.05 Å². The Labute approximate surface area is 47.6 Å². The second-order valence-corrected chi connectivity index (χ2v) is 1.98. The molecule has 0 radical (unpaired) electrons. The molecule has 1 unspecified atom stereocenters. The van der Waals surface area contributed by atoms with E-state index in [1.54, 1.807) is 0 Å². The van der Waals surface area contributed by atoms with Gasteiger partial charge in [-0.3, -0.25) is 0 Å². The van der Waals surface area contributed by atoms with Gasteiger partial charge in [-0.25, -0.2) is 0 Å². The van der Waals surface area contributed by atoms with E-state index in [-0.39, 0.29) is 1.43 Å². The molecule has 0 aromatic heterocycles. The smallest absolute Gasteiger partial charge is 0.00356 e. The molecule has 46 valence electrons. The first-order chi connectivity index (χ1) is 3.31. The van der Waals surface area contributed by atoms with E-state index in [1.807, 2.05) is 7.05 Å². The Kier molecular flexibility index (Phi) is 4.10. The average molecular weight is 103 g/mol. The summed E-state index contributed by atoms with van der Waals surface area (Å²) < 4.78 is 0. The molecule has 0 amide bonds. The van der Waals surface area contributed by atoms with Crippen LogP contribution in [0.25, 0.3) is 0 Å². The normalized spacial score (nSPS) is 14.1. The maximum Gasteiger partial charge on any atom is 0.00356 e. The summed E-state index contributed by atoms with van der Waals surface area (Å²) in [4.78, 5) is 0. The van der Waals surface area contributed by atoms with Crippen molar-refractivity contribution in [3.05, 3.63) is 0 Å². The molecule has 0 rings (SSSR count). The molecule has 0 aromatic carbocycles. The van der Waals surface area contributed by atoms with Crippen molar-refractivity contribution in [2.45, 2.75) is 32.7 Å². The molecule has 0 aromatic rings. The minimum atomic E-state index is 0. The summed E-state index contributed by atoms with van der Waals surface area (Å²) in [6.07, 6.45) is 2.57. The van der Waals surface area contributed by atoms with Crippen molar-refractivity contribution < 1.29 is 1.43 Å². The van der Waals surface area contributed by atoms with E-state index < -0.39 is 0 Å². The van der Waals surface area contributed by atoms with Crippen LogP contribution in [0.5, 0.6) is 0 Å². The Morgan fingerprint density at radius 1 is 1.71 bits per heavy atom. The Bertz CT molecular complexity index is 39.5. The minimum absolute atomic E-state index is 0. The van der Waals surface area contributed by atoms with Crippen LogP contribution < -0.4 is 5.32 Å². The number of rotatable bonds is 3. The highest BCUT2D eigenvalue weighted by Crippen LogP contribution is 1.91. The van der Waals surface area contributed by atoms with Gasteiger partial charge in [-0.05, 0) is 20.4 Å². The van der Waals surface area contributed by atoms with Gasteiger partial charge in [-0.15, -0.1) is 0 Å². The van der Waals surface area contributed by atoms with E-state index in [0.29, 0.717) is 6.04 Å². The van der Waals surface area contributed by atoms with Gasteiger partial charge in [0.1, 0.15) is 0 Å². The van der Waals surface area contributed by atoms with Gasteiger partial charge in [0.25, 0.3) is 0 Å². The molecular weight excluding hydrogens is 86.1 g/mol. The van der Waals surface area contributed by atoms with E-state index in [1.165, 1.54) is 12.8 Å². The molecule has 0 aliphatic rings. The molecule has 1 nitrogen and oxygen atoms in total. The van der Waals surface area contributed by atoms with E-state index in [4.69, 9.17) is 0 Å². The summed E-state index contributed by atoms with van der Waals surface area (Å²) in [5.41, 5.74) is 0. The van der Waals surface area contributed by atoms with Crippen LogP contribution in [-0.2, 0) is 0 Å². The van der Waals surface area contributed by atoms with Crippen molar-refractivity contribution in [1.29, 1.82) is 0 Å². The maximum absolute atomic E-state index is 3.17. The van der Waals surface area contributed by atoms with Gasteiger partial charge in [-0.2, -0.15) is 0 Å². The van der Waals surface area contributed by atoms with Crippen molar-refractivity contribution in [2.24, 2.45) is 0 Å². The van der Waals surface area contributed by atoms with Gasteiger partial charge in [-0.1, -0.05) is 13.3 Å². The van der Waals surface area contributed by atoms with Crippen LogP contribution in [-0.4, -0.2) is 13.1 Å². The first kappa shape index (κ1) is 6.96. The fourth-order valence-corrected chi connectivity index (χ4v) is 0.577. The highest BCUT2D eigenvalue weighted by Gasteiger charge is 1.91. The Hall–Kier alpha value is -0.0400. The summed E-state index contributed by atoms with van der Waals surface area (Å²) in [6, 6.07) is 0.699. The van der Waals surface area contributed by atoms with Crippen molar-refractivity contribution in [3.8, 4) is 0 Å². The molecule has 0 aliphatic carbocycles. The predicted molar refractivity (Wildman–Crippen MR) is 35.5 cm³/mol. The molecule has 0 saturated heterocycles. The van der Waals surface area contributed by atoms with Gasteiger partial charge < -0.3 is 5.32 Å². The van der Waals surface area contributed by atoms with Gasteiger partial charge in [0.2, 0.25) is 0 Å². The predicted octanol–water partition coefficient (Wildman–Crippen LogP) is 1.64. The lowest BCUT2D eigenvalue weighted by atomic mass is 10.2. The number of nitrogens with one attached hydrogen (secondary N) is 1. The highest BCUT2D eigenvalue weighted by atomic mass is 14.8. The molecule has 0 aliphatic heterocycles. The van der Waals surface area contributed by atoms with Crippen LogP contribution in [0.4, 0.5) is 0 Å². The fraction of sp³-hybridized carbons (Fsp3) is 1.00. The second kappa shape index (κ2) is 4.13. The SMILES string of the molecule is CCCC(C)NC.[HH]. The third-order valence-corrected chi connectivity index (χ3v) is 1.21. The van der Waals surface area contributed by atoms with Crippen LogP contribution in [0.1, 0.15) is 28.1 Å². The second-order valence-electron chi connectivity index (χ2n) is 1.98. The zero-order valence-corrected chi connectivity index (χ0v) is 5.49. The molecule has 0 saturated carbocycles. The molecule has 0 bridgehead atoms. The summed E-state index contributed by atoms with van der Waals surface area (Å²) >= 11 is 0. The summed E-state index contributed by atoms with van der Waals surface area (Å²) in [7, 11) is 2.00. The lowest BCUT2D eigenvalue weighted by Crippen LogP contribution is -2.20. The Balaban J connectivity index is 0. The minimum Gasteiger partial charge on any atom is -0.317 e. The molecule has 0 heterocycles. The fourth-order valence-electron chi connectivity index (χ4n) is 0.577. The molecule has 1 N–H and O–H groups in total. The number of hydrogen-bond donors (Lipinski definition) is 1. The molecule has 7 heavy (non-hydrogen) atoms. The van der Waals surface area contributed by atoms with Gasteiger partial charge >= 0.3 is 0 Å². The molecule has 1 atom stereocenters.